The first-order valence-electron chi connectivity index (χ1n) is 6.82. The van der Waals surface area contributed by atoms with Gasteiger partial charge in [0.05, 0.1) is 10.6 Å². The highest BCUT2D eigenvalue weighted by molar-refractivity contribution is 6.33. The lowest BCUT2D eigenvalue weighted by atomic mass is 10.2. The smallest absolute Gasteiger partial charge is 0.452 e. The second kappa shape index (κ2) is 7.89. The highest BCUT2D eigenvalue weighted by Crippen LogP contribution is 2.24. The molecule has 25 heavy (non-hydrogen) atoms. The largest absolute Gasteiger partial charge is 0.573 e. The molecular weight excluding hydrogens is 363 g/mol. The van der Waals surface area contributed by atoms with Crippen molar-refractivity contribution in [3.8, 4) is 5.75 Å². The molecule has 0 aromatic heterocycles. The quantitative estimate of drug-likeness (QED) is 0.803. The van der Waals surface area contributed by atoms with Crippen LogP contribution in [0.4, 0.5) is 18.9 Å². The number of esters is 1. The van der Waals surface area contributed by atoms with Crippen molar-refractivity contribution in [1.29, 1.82) is 0 Å². The van der Waals surface area contributed by atoms with Gasteiger partial charge < -0.3 is 14.8 Å². The van der Waals surface area contributed by atoms with Crippen LogP contribution in [0.3, 0.4) is 0 Å². The van der Waals surface area contributed by atoms with E-state index in [-0.39, 0.29) is 16.3 Å². The van der Waals surface area contributed by atoms with Crippen LogP contribution in [0, 0.1) is 0 Å². The maximum atomic E-state index is 12.0. The third-order valence-electron chi connectivity index (χ3n) is 2.80. The molecule has 5 nitrogen and oxygen atoms in total. The van der Waals surface area contributed by atoms with Crippen molar-refractivity contribution >= 4 is 29.2 Å². The van der Waals surface area contributed by atoms with Gasteiger partial charge in [0, 0.05) is 5.69 Å². The Morgan fingerprint density at radius 3 is 2.28 bits per heavy atom. The lowest BCUT2D eigenvalue weighted by Crippen LogP contribution is -2.21. The van der Waals surface area contributed by atoms with Gasteiger partial charge in [-0.3, -0.25) is 4.79 Å². The molecule has 2 aromatic carbocycles. The summed E-state index contributed by atoms with van der Waals surface area (Å²) in [5.74, 6) is -1.85. The van der Waals surface area contributed by atoms with E-state index < -0.39 is 30.6 Å². The molecular formula is C16H11ClF3NO4. The van der Waals surface area contributed by atoms with E-state index in [0.717, 1.165) is 12.1 Å². The molecule has 9 heteroatoms. The van der Waals surface area contributed by atoms with E-state index in [1.807, 2.05) is 0 Å². The summed E-state index contributed by atoms with van der Waals surface area (Å²) in [5, 5.41) is 2.56. The molecule has 0 radical (unpaired) electrons. The molecule has 0 atom stereocenters. The second-order valence-corrected chi connectivity index (χ2v) is 5.08. The van der Waals surface area contributed by atoms with Crippen LogP contribution >= 0.6 is 11.6 Å². The summed E-state index contributed by atoms with van der Waals surface area (Å²) in [6.45, 7) is -0.579. The molecule has 2 aromatic rings. The van der Waals surface area contributed by atoms with Crippen molar-refractivity contribution in [2.45, 2.75) is 6.36 Å². The van der Waals surface area contributed by atoms with Crippen LogP contribution in [-0.4, -0.2) is 24.8 Å². The Labute approximate surface area is 145 Å². The van der Waals surface area contributed by atoms with Gasteiger partial charge >= 0.3 is 12.3 Å². The number of halogens is 4. The molecule has 0 saturated heterocycles. The second-order valence-electron chi connectivity index (χ2n) is 4.68. The van der Waals surface area contributed by atoms with Crippen LogP contribution in [0.1, 0.15) is 10.4 Å². The monoisotopic (exact) mass is 373 g/mol. The Hall–Kier alpha value is -2.74. The van der Waals surface area contributed by atoms with Crippen molar-refractivity contribution < 1.29 is 32.2 Å². The number of ether oxygens (including phenoxy) is 2. The zero-order valence-corrected chi connectivity index (χ0v) is 13.2. The predicted molar refractivity (Wildman–Crippen MR) is 83.5 cm³/mol. The van der Waals surface area contributed by atoms with Crippen LogP contribution < -0.4 is 10.1 Å². The zero-order valence-electron chi connectivity index (χ0n) is 12.5. The van der Waals surface area contributed by atoms with Gasteiger partial charge in [0.15, 0.2) is 6.61 Å². The number of amides is 1. The number of carbonyl (C=O) groups excluding carboxylic acids is 2. The number of alkyl halides is 3. The number of carbonyl (C=O) groups is 2. The van der Waals surface area contributed by atoms with E-state index in [0.29, 0.717) is 0 Å². The third-order valence-corrected chi connectivity index (χ3v) is 3.13. The van der Waals surface area contributed by atoms with Crippen LogP contribution in [0.2, 0.25) is 5.02 Å². The van der Waals surface area contributed by atoms with Gasteiger partial charge in [-0.1, -0.05) is 23.7 Å². The Bertz CT molecular complexity index is 763. The van der Waals surface area contributed by atoms with Gasteiger partial charge in [-0.15, -0.1) is 13.2 Å². The maximum Gasteiger partial charge on any atom is 0.573 e. The lowest BCUT2D eigenvalue weighted by Gasteiger charge is -2.10. The van der Waals surface area contributed by atoms with Gasteiger partial charge in [-0.25, -0.2) is 4.79 Å². The summed E-state index contributed by atoms with van der Waals surface area (Å²) in [4.78, 5) is 23.5. The average Bonchev–Trinajstić information content (AvgIpc) is 2.53. The van der Waals surface area contributed by atoms with E-state index >= 15 is 0 Å². The number of hydrogen-bond acceptors (Lipinski definition) is 4. The van der Waals surface area contributed by atoms with E-state index in [1.54, 1.807) is 12.1 Å². The number of rotatable bonds is 5. The number of hydrogen-bond donors (Lipinski definition) is 1. The Balaban J connectivity index is 1.86. The molecule has 0 aliphatic rings. The average molecular weight is 374 g/mol. The minimum absolute atomic E-state index is 0.116. The molecule has 2 rings (SSSR count). The molecule has 1 amide bonds. The Kier molecular flexibility index (Phi) is 5.87. The molecule has 0 aliphatic heterocycles. The number of benzene rings is 2. The summed E-state index contributed by atoms with van der Waals surface area (Å²) in [6, 6.07) is 10.7. The van der Waals surface area contributed by atoms with Gasteiger partial charge in [0.1, 0.15) is 5.75 Å². The molecule has 132 valence electrons. The standard InChI is InChI=1S/C16H11ClF3NO4/c17-13-4-2-1-3-12(13)15(23)24-9-14(22)21-10-5-7-11(8-6-10)25-16(18,19)20/h1-8H,9H2,(H,21,22). The summed E-state index contributed by atoms with van der Waals surface area (Å²) in [6.07, 6.45) is -4.79. The Morgan fingerprint density at radius 1 is 1.04 bits per heavy atom. The third kappa shape index (κ3) is 6.00. The first kappa shape index (κ1) is 18.6. The van der Waals surface area contributed by atoms with Crippen LogP contribution in [-0.2, 0) is 9.53 Å². The highest BCUT2D eigenvalue weighted by Gasteiger charge is 2.30. The molecule has 0 heterocycles. The molecule has 0 spiro atoms. The van der Waals surface area contributed by atoms with Crippen molar-refractivity contribution in [2.24, 2.45) is 0 Å². The van der Waals surface area contributed by atoms with E-state index in [4.69, 9.17) is 16.3 Å². The molecule has 0 saturated carbocycles. The van der Waals surface area contributed by atoms with Gasteiger partial charge in [0.2, 0.25) is 0 Å². The SMILES string of the molecule is O=C(COC(=O)c1ccccc1Cl)Nc1ccc(OC(F)(F)F)cc1. The fourth-order valence-electron chi connectivity index (χ4n) is 1.77. The molecule has 1 N–H and O–H groups in total. The number of anilines is 1. The van der Waals surface area contributed by atoms with Gasteiger partial charge in [-0.2, -0.15) is 0 Å². The predicted octanol–water partition coefficient (Wildman–Crippen LogP) is 4.03. The fourth-order valence-corrected chi connectivity index (χ4v) is 1.99. The topological polar surface area (TPSA) is 64.6 Å². The highest BCUT2D eigenvalue weighted by atomic mass is 35.5. The first-order valence-corrected chi connectivity index (χ1v) is 7.20. The zero-order chi connectivity index (χ0) is 18.4. The van der Waals surface area contributed by atoms with Crippen molar-refractivity contribution in [1.82, 2.24) is 0 Å². The van der Waals surface area contributed by atoms with E-state index in [2.05, 4.69) is 10.1 Å². The van der Waals surface area contributed by atoms with Crippen molar-refractivity contribution in [3.63, 3.8) is 0 Å². The summed E-state index contributed by atoms with van der Waals surface area (Å²) in [5.41, 5.74) is 0.332. The van der Waals surface area contributed by atoms with Crippen LogP contribution in [0.15, 0.2) is 48.5 Å². The van der Waals surface area contributed by atoms with E-state index in [9.17, 15) is 22.8 Å². The molecule has 0 unspecified atom stereocenters. The minimum atomic E-state index is -4.79. The summed E-state index contributed by atoms with van der Waals surface area (Å²) < 4.78 is 44.7. The molecule has 0 aliphatic carbocycles. The first-order chi connectivity index (χ1) is 11.7. The van der Waals surface area contributed by atoms with Crippen LogP contribution in [0.25, 0.3) is 0 Å². The van der Waals surface area contributed by atoms with Crippen molar-refractivity contribution in [2.75, 3.05) is 11.9 Å². The minimum Gasteiger partial charge on any atom is -0.452 e. The van der Waals surface area contributed by atoms with E-state index in [1.165, 1.54) is 24.3 Å². The Morgan fingerprint density at radius 2 is 1.68 bits per heavy atom. The normalized spacial score (nSPS) is 10.9. The van der Waals surface area contributed by atoms with Crippen LogP contribution in [0.5, 0.6) is 5.75 Å². The summed E-state index contributed by atoms with van der Waals surface area (Å²) in [7, 11) is 0. The van der Waals surface area contributed by atoms with Gasteiger partial charge in [-0.05, 0) is 36.4 Å². The molecule has 0 bridgehead atoms. The maximum absolute atomic E-state index is 12.0. The lowest BCUT2D eigenvalue weighted by molar-refractivity contribution is -0.274. The number of nitrogens with one attached hydrogen (secondary N) is 1. The molecule has 0 fully saturated rings. The fraction of sp³-hybridized carbons (Fsp3) is 0.125. The summed E-state index contributed by atoms with van der Waals surface area (Å²) >= 11 is 5.83. The van der Waals surface area contributed by atoms with Gasteiger partial charge in [0.25, 0.3) is 5.91 Å². The van der Waals surface area contributed by atoms with Crippen molar-refractivity contribution in [3.05, 3.63) is 59.1 Å².